The van der Waals surface area contributed by atoms with E-state index in [9.17, 15) is 9.59 Å². The number of amides is 1. The third-order valence-corrected chi connectivity index (χ3v) is 5.08. The topological polar surface area (TPSA) is 64.2 Å². The zero-order chi connectivity index (χ0) is 19.2. The first-order valence-electron chi connectivity index (χ1n) is 9.73. The van der Waals surface area contributed by atoms with E-state index < -0.39 is 5.97 Å². The second-order valence-corrected chi connectivity index (χ2v) is 7.03. The van der Waals surface area contributed by atoms with Crippen molar-refractivity contribution < 1.29 is 36.0 Å². The molecule has 1 N–H and O–H groups in total. The SMILES string of the molecule is CCOC(=O)c1cccc(C)c1NC(=O)C[n+]1cccn1C1CCCCC1.[Br-]. The summed E-state index contributed by atoms with van der Waals surface area (Å²) < 4.78 is 9.23. The number of nitrogens with zero attached hydrogens (tertiary/aromatic N) is 2. The number of carbonyl (C=O) groups is 2. The van der Waals surface area contributed by atoms with Crippen molar-refractivity contribution in [3.8, 4) is 0 Å². The molecule has 0 saturated heterocycles. The van der Waals surface area contributed by atoms with Gasteiger partial charge in [-0.25, -0.2) is 4.79 Å². The predicted octanol–water partition coefficient (Wildman–Crippen LogP) is 0.409. The van der Waals surface area contributed by atoms with Gasteiger partial charge in [0.05, 0.1) is 30.1 Å². The van der Waals surface area contributed by atoms with Crippen molar-refractivity contribution in [1.29, 1.82) is 0 Å². The van der Waals surface area contributed by atoms with Gasteiger partial charge in [-0.2, -0.15) is 4.68 Å². The first-order chi connectivity index (χ1) is 13.1. The summed E-state index contributed by atoms with van der Waals surface area (Å²) in [5.41, 5.74) is 1.75. The lowest BCUT2D eigenvalue weighted by atomic mass is 9.96. The largest absolute Gasteiger partial charge is 1.00 e. The van der Waals surface area contributed by atoms with Gasteiger partial charge in [-0.1, -0.05) is 31.4 Å². The van der Waals surface area contributed by atoms with Gasteiger partial charge in [0.25, 0.3) is 5.91 Å². The molecule has 3 rings (SSSR count). The fraction of sp³-hybridized carbons (Fsp3) is 0.476. The van der Waals surface area contributed by atoms with E-state index in [0.29, 0.717) is 23.9 Å². The second kappa shape index (κ2) is 10.4. The number of carbonyl (C=O) groups excluding carboxylic acids is 2. The third kappa shape index (κ3) is 5.22. The standard InChI is InChI=1S/C21H27N3O3.BrH/c1-3-27-21(26)18-12-7-9-16(2)20(18)22-19(25)15-23-13-8-14-24(23)17-10-5-4-6-11-17;/h7-9,12-14,17H,3-6,10-11,15H2,1-2H3;1H. The molecule has 1 amide bonds. The summed E-state index contributed by atoms with van der Waals surface area (Å²) in [7, 11) is 0. The highest BCUT2D eigenvalue weighted by atomic mass is 79.9. The van der Waals surface area contributed by atoms with Crippen LogP contribution in [-0.2, 0) is 16.1 Å². The Hall–Kier alpha value is -2.15. The second-order valence-electron chi connectivity index (χ2n) is 7.03. The number of benzene rings is 1. The fourth-order valence-electron chi connectivity index (χ4n) is 3.74. The number of para-hydroxylation sites is 1. The van der Waals surface area contributed by atoms with Crippen LogP contribution in [-0.4, -0.2) is 23.2 Å². The van der Waals surface area contributed by atoms with Gasteiger partial charge in [0.2, 0.25) is 6.54 Å². The molecule has 6 nitrogen and oxygen atoms in total. The molecule has 0 bridgehead atoms. The number of hydrogen-bond acceptors (Lipinski definition) is 3. The van der Waals surface area contributed by atoms with Crippen LogP contribution in [0.3, 0.4) is 0 Å². The maximum Gasteiger partial charge on any atom is 0.340 e. The molecule has 1 aliphatic carbocycles. The summed E-state index contributed by atoms with van der Waals surface area (Å²) in [6.45, 7) is 4.14. The van der Waals surface area contributed by atoms with E-state index in [2.05, 4.69) is 10.00 Å². The smallest absolute Gasteiger partial charge is 0.340 e. The first-order valence-corrected chi connectivity index (χ1v) is 9.73. The fourth-order valence-corrected chi connectivity index (χ4v) is 3.74. The van der Waals surface area contributed by atoms with Gasteiger partial charge in [0.1, 0.15) is 0 Å². The Morgan fingerprint density at radius 2 is 1.96 bits per heavy atom. The molecule has 1 heterocycles. The van der Waals surface area contributed by atoms with Gasteiger partial charge in [-0.15, -0.1) is 4.68 Å². The molecule has 28 heavy (non-hydrogen) atoms. The molecule has 1 fully saturated rings. The maximum atomic E-state index is 12.7. The minimum absolute atomic E-state index is 0. The van der Waals surface area contributed by atoms with Crippen molar-refractivity contribution in [3.63, 3.8) is 0 Å². The van der Waals surface area contributed by atoms with E-state index in [1.807, 2.05) is 36.1 Å². The van der Waals surface area contributed by atoms with Crippen LogP contribution in [0.5, 0.6) is 0 Å². The Balaban J connectivity index is 0.00000280. The Kier molecular flexibility index (Phi) is 8.23. The van der Waals surface area contributed by atoms with Crippen LogP contribution < -0.4 is 27.0 Å². The number of esters is 1. The normalized spacial score (nSPS) is 14.2. The Morgan fingerprint density at radius 1 is 1.21 bits per heavy atom. The molecule has 0 unspecified atom stereocenters. The highest BCUT2D eigenvalue weighted by Crippen LogP contribution is 2.26. The van der Waals surface area contributed by atoms with Crippen LogP contribution in [0.25, 0.3) is 0 Å². The van der Waals surface area contributed by atoms with Crippen molar-refractivity contribution in [3.05, 3.63) is 47.8 Å². The molecule has 0 radical (unpaired) electrons. The monoisotopic (exact) mass is 449 g/mol. The minimum atomic E-state index is -0.422. The zero-order valence-electron chi connectivity index (χ0n) is 16.5. The van der Waals surface area contributed by atoms with Crippen molar-refractivity contribution in [2.75, 3.05) is 11.9 Å². The lowest BCUT2D eigenvalue weighted by Crippen LogP contribution is -3.00. The molecule has 1 aromatic carbocycles. The molecule has 0 atom stereocenters. The molecule has 2 aromatic rings. The molecule has 0 aliphatic heterocycles. The van der Waals surface area contributed by atoms with E-state index in [-0.39, 0.29) is 29.4 Å². The molecule has 152 valence electrons. The van der Waals surface area contributed by atoms with Gasteiger partial charge < -0.3 is 27.0 Å². The quantitative estimate of drug-likeness (QED) is 0.513. The first kappa shape index (κ1) is 22.1. The number of hydrogen-bond donors (Lipinski definition) is 1. The van der Waals surface area contributed by atoms with Gasteiger partial charge in [0, 0.05) is 6.07 Å². The molecular formula is C21H28BrN3O3. The maximum absolute atomic E-state index is 12.7. The predicted molar refractivity (Wildman–Crippen MR) is 103 cm³/mol. The molecule has 0 spiro atoms. The molecule has 1 aromatic heterocycles. The van der Waals surface area contributed by atoms with E-state index in [4.69, 9.17) is 4.74 Å². The van der Waals surface area contributed by atoms with Crippen molar-refractivity contribution in [2.45, 2.75) is 58.5 Å². The van der Waals surface area contributed by atoms with Crippen molar-refractivity contribution >= 4 is 17.6 Å². The Bertz CT molecular complexity index is 813. The van der Waals surface area contributed by atoms with Gasteiger partial charge in [-0.3, -0.25) is 4.79 Å². The average molecular weight is 450 g/mol. The Morgan fingerprint density at radius 3 is 2.68 bits per heavy atom. The van der Waals surface area contributed by atoms with E-state index in [1.165, 1.54) is 19.3 Å². The summed E-state index contributed by atoms with van der Waals surface area (Å²) in [5, 5.41) is 2.91. The van der Waals surface area contributed by atoms with Crippen LogP contribution in [0, 0.1) is 6.92 Å². The Labute approximate surface area is 176 Å². The van der Waals surface area contributed by atoms with E-state index in [1.54, 1.807) is 19.1 Å². The third-order valence-electron chi connectivity index (χ3n) is 5.08. The summed E-state index contributed by atoms with van der Waals surface area (Å²) in [6, 6.07) is 7.77. The van der Waals surface area contributed by atoms with Gasteiger partial charge >= 0.3 is 5.97 Å². The summed E-state index contributed by atoms with van der Waals surface area (Å²) in [5.74, 6) is -0.578. The minimum Gasteiger partial charge on any atom is -1.00 e. The van der Waals surface area contributed by atoms with Crippen LogP contribution in [0.15, 0.2) is 36.7 Å². The summed E-state index contributed by atoms with van der Waals surface area (Å²) in [4.78, 5) is 24.9. The number of nitrogens with one attached hydrogen (secondary N) is 1. The number of aromatic nitrogens is 2. The molecule has 1 saturated carbocycles. The molecule has 1 aliphatic rings. The van der Waals surface area contributed by atoms with Crippen molar-refractivity contribution in [1.82, 2.24) is 4.68 Å². The number of rotatable bonds is 6. The summed E-state index contributed by atoms with van der Waals surface area (Å²) >= 11 is 0. The lowest BCUT2D eigenvalue weighted by Gasteiger charge is -2.21. The molecule has 7 heteroatoms. The number of halogens is 1. The van der Waals surface area contributed by atoms with Gasteiger partial charge in [0.15, 0.2) is 6.20 Å². The highest BCUT2D eigenvalue weighted by molar-refractivity contribution is 6.01. The van der Waals surface area contributed by atoms with E-state index in [0.717, 1.165) is 18.4 Å². The molecular weight excluding hydrogens is 422 g/mol. The highest BCUT2D eigenvalue weighted by Gasteiger charge is 2.24. The number of aryl methyl sites for hydroxylation is 1. The van der Waals surface area contributed by atoms with Crippen LogP contribution in [0.2, 0.25) is 0 Å². The van der Waals surface area contributed by atoms with E-state index >= 15 is 0 Å². The van der Waals surface area contributed by atoms with Crippen LogP contribution >= 0.6 is 0 Å². The van der Waals surface area contributed by atoms with Gasteiger partial charge in [-0.05, 0) is 38.3 Å². The zero-order valence-corrected chi connectivity index (χ0v) is 18.1. The lowest BCUT2D eigenvalue weighted by molar-refractivity contribution is -0.767. The number of anilines is 1. The summed E-state index contributed by atoms with van der Waals surface area (Å²) in [6.07, 6.45) is 10.0. The van der Waals surface area contributed by atoms with Crippen LogP contribution in [0.4, 0.5) is 5.69 Å². The average Bonchev–Trinajstić information content (AvgIpc) is 3.12. The van der Waals surface area contributed by atoms with Crippen molar-refractivity contribution in [2.24, 2.45) is 0 Å². The number of ether oxygens (including phenoxy) is 1. The van der Waals surface area contributed by atoms with Crippen LogP contribution in [0.1, 0.15) is 61.0 Å².